The second-order valence-corrected chi connectivity index (χ2v) is 8.50. The Morgan fingerprint density at radius 3 is 2.43 bits per heavy atom. The first-order valence-electron chi connectivity index (χ1n) is 5.98. The molecule has 118 valence electrons. The lowest BCUT2D eigenvalue weighted by molar-refractivity contribution is -0.0590. The van der Waals surface area contributed by atoms with E-state index >= 15 is 0 Å². The summed E-state index contributed by atoms with van der Waals surface area (Å²) in [5.41, 5.74) is 0.951. The SMILES string of the molecule is Cc1ccc(S(=O)(=O)OC[C@H]2CO[C@H](C(Cl)(Cl)Cl)O2)cc1. The van der Waals surface area contributed by atoms with E-state index < -0.39 is 26.3 Å². The summed E-state index contributed by atoms with van der Waals surface area (Å²) in [5.74, 6) is 0. The molecule has 1 saturated heterocycles. The van der Waals surface area contributed by atoms with Crippen LogP contribution in [0.4, 0.5) is 0 Å². The Kier molecular flexibility index (Phi) is 5.41. The number of benzene rings is 1. The highest BCUT2D eigenvalue weighted by molar-refractivity contribution is 7.86. The van der Waals surface area contributed by atoms with E-state index in [0.717, 1.165) is 5.56 Å². The number of hydrogen-bond acceptors (Lipinski definition) is 5. The number of rotatable bonds is 4. The van der Waals surface area contributed by atoms with Crippen LogP contribution >= 0.6 is 34.8 Å². The molecule has 0 saturated carbocycles. The van der Waals surface area contributed by atoms with Crippen LogP contribution in [0.15, 0.2) is 29.2 Å². The third-order valence-corrected chi connectivity index (χ3v) is 4.57. The van der Waals surface area contributed by atoms with Crippen LogP contribution in [0, 0.1) is 6.92 Å². The van der Waals surface area contributed by atoms with E-state index in [0.29, 0.717) is 0 Å². The summed E-state index contributed by atoms with van der Waals surface area (Å²) in [6.07, 6.45) is -1.66. The molecular weight excluding hydrogens is 363 g/mol. The first-order chi connectivity index (χ1) is 9.68. The quantitative estimate of drug-likeness (QED) is 0.598. The molecule has 5 nitrogen and oxygen atoms in total. The van der Waals surface area contributed by atoms with Crippen molar-refractivity contribution in [3.05, 3.63) is 29.8 Å². The summed E-state index contributed by atoms with van der Waals surface area (Å²) < 4.78 is 37.6. The zero-order valence-corrected chi connectivity index (χ0v) is 14.0. The molecule has 0 N–H and O–H groups in total. The Morgan fingerprint density at radius 2 is 1.90 bits per heavy atom. The molecule has 1 aliphatic heterocycles. The zero-order valence-electron chi connectivity index (χ0n) is 11.0. The van der Waals surface area contributed by atoms with Gasteiger partial charge in [-0.1, -0.05) is 52.5 Å². The maximum Gasteiger partial charge on any atom is 0.297 e. The largest absolute Gasteiger partial charge is 0.346 e. The highest BCUT2D eigenvalue weighted by Gasteiger charge is 2.41. The second-order valence-electron chi connectivity index (χ2n) is 4.52. The van der Waals surface area contributed by atoms with Gasteiger partial charge in [-0.25, -0.2) is 0 Å². The van der Waals surface area contributed by atoms with Gasteiger partial charge < -0.3 is 9.47 Å². The molecule has 1 aromatic carbocycles. The van der Waals surface area contributed by atoms with Gasteiger partial charge in [-0.15, -0.1) is 0 Å². The molecule has 0 amide bonds. The van der Waals surface area contributed by atoms with Crippen LogP contribution in [-0.2, 0) is 23.8 Å². The van der Waals surface area contributed by atoms with Crippen LogP contribution in [0.25, 0.3) is 0 Å². The van der Waals surface area contributed by atoms with Crippen molar-refractivity contribution in [3.8, 4) is 0 Å². The highest BCUT2D eigenvalue weighted by Crippen LogP contribution is 2.36. The zero-order chi connectivity index (χ0) is 15.7. The van der Waals surface area contributed by atoms with E-state index in [1.54, 1.807) is 12.1 Å². The second kappa shape index (κ2) is 6.58. The maximum atomic E-state index is 12.0. The van der Waals surface area contributed by atoms with E-state index in [9.17, 15) is 8.42 Å². The van der Waals surface area contributed by atoms with Gasteiger partial charge >= 0.3 is 0 Å². The maximum absolute atomic E-state index is 12.0. The molecule has 9 heteroatoms. The van der Waals surface area contributed by atoms with Gasteiger partial charge in [-0.2, -0.15) is 8.42 Å². The van der Waals surface area contributed by atoms with E-state index in [2.05, 4.69) is 0 Å². The van der Waals surface area contributed by atoms with Gasteiger partial charge in [0.15, 0.2) is 0 Å². The molecule has 0 unspecified atom stereocenters. The Morgan fingerprint density at radius 1 is 1.29 bits per heavy atom. The number of halogens is 3. The topological polar surface area (TPSA) is 61.8 Å². The van der Waals surface area contributed by atoms with Gasteiger partial charge in [0.05, 0.1) is 18.1 Å². The Balaban J connectivity index is 1.93. The summed E-state index contributed by atoms with van der Waals surface area (Å²) in [7, 11) is -3.85. The third kappa shape index (κ3) is 4.69. The van der Waals surface area contributed by atoms with E-state index in [1.807, 2.05) is 6.92 Å². The van der Waals surface area contributed by atoms with Crippen LogP contribution in [-0.4, -0.2) is 37.8 Å². The van der Waals surface area contributed by atoms with Crippen molar-refractivity contribution in [2.24, 2.45) is 0 Å². The number of aryl methyl sites for hydroxylation is 1. The minimum absolute atomic E-state index is 0.0740. The molecule has 21 heavy (non-hydrogen) atoms. The summed E-state index contributed by atoms with van der Waals surface area (Å²) in [5, 5.41) is 0. The molecule has 2 rings (SSSR count). The predicted molar refractivity (Wildman–Crippen MR) is 79.2 cm³/mol. The van der Waals surface area contributed by atoms with Crippen LogP contribution in [0.2, 0.25) is 0 Å². The smallest absolute Gasteiger partial charge is 0.297 e. The lowest BCUT2D eigenvalue weighted by atomic mass is 10.2. The molecule has 0 spiro atoms. The molecule has 1 aromatic rings. The lowest BCUT2D eigenvalue weighted by Gasteiger charge is -2.18. The monoisotopic (exact) mass is 374 g/mol. The molecule has 0 bridgehead atoms. The molecule has 2 atom stereocenters. The lowest BCUT2D eigenvalue weighted by Crippen LogP contribution is -2.28. The van der Waals surface area contributed by atoms with Crippen LogP contribution in [0.5, 0.6) is 0 Å². The van der Waals surface area contributed by atoms with Crippen molar-refractivity contribution in [2.75, 3.05) is 13.2 Å². The number of alkyl halides is 3. The van der Waals surface area contributed by atoms with Crippen molar-refractivity contribution in [1.82, 2.24) is 0 Å². The van der Waals surface area contributed by atoms with Gasteiger partial charge in [0.1, 0.15) is 6.10 Å². The Labute approximate surface area is 138 Å². The average molecular weight is 376 g/mol. The fourth-order valence-corrected chi connectivity index (χ4v) is 2.93. The first kappa shape index (κ1) is 17.3. The van der Waals surface area contributed by atoms with Gasteiger partial charge in [0.2, 0.25) is 10.1 Å². The summed E-state index contributed by atoms with van der Waals surface area (Å²) in [6.45, 7) is 1.73. The van der Waals surface area contributed by atoms with Crippen molar-refractivity contribution < 1.29 is 22.1 Å². The summed E-state index contributed by atoms with van der Waals surface area (Å²) >= 11 is 16.9. The van der Waals surface area contributed by atoms with Crippen LogP contribution in [0.1, 0.15) is 5.56 Å². The van der Waals surface area contributed by atoms with Gasteiger partial charge in [0.25, 0.3) is 10.1 Å². The molecule has 0 aromatic heterocycles. The fourth-order valence-electron chi connectivity index (χ4n) is 1.65. The van der Waals surface area contributed by atoms with E-state index in [4.69, 9.17) is 48.5 Å². The summed E-state index contributed by atoms with van der Waals surface area (Å²) in [4.78, 5) is 0.0740. The molecule has 1 fully saturated rings. The average Bonchev–Trinajstić information content (AvgIpc) is 2.86. The predicted octanol–water partition coefficient (Wildman–Crippen LogP) is 2.81. The molecule has 1 heterocycles. The van der Waals surface area contributed by atoms with Crippen molar-refractivity contribution in [1.29, 1.82) is 0 Å². The normalized spacial score (nSPS) is 23.4. The molecule has 0 aliphatic carbocycles. The van der Waals surface area contributed by atoms with Crippen molar-refractivity contribution in [2.45, 2.75) is 28.0 Å². The minimum Gasteiger partial charge on any atom is -0.346 e. The van der Waals surface area contributed by atoms with Gasteiger partial charge in [0, 0.05) is 0 Å². The minimum atomic E-state index is -3.85. The standard InChI is InChI=1S/C12H13Cl3O5S/c1-8-2-4-10(5-3-8)21(16,17)19-7-9-6-18-11(20-9)12(13,14)15/h2-5,9,11H,6-7H2,1H3/t9-,11+/m1/s1. The van der Waals surface area contributed by atoms with Crippen molar-refractivity contribution >= 4 is 44.9 Å². The fraction of sp³-hybridized carbons (Fsp3) is 0.500. The molecule has 0 radical (unpaired) electrons. The first-order valence-corrected chi connectivity index (χ1v) is 8.52. The van der Waals surface area contributed by atoms with Crippen LogP contribution in [0.3, 0.4) is 0 Å². The van der Waals surface area contributed by atoms with Crippen LogP contribution < -0.4 is 0 Å². The molecule has 1 aliphatic rings. The van der Waals surface area contributed by atoms with Gasteiger partial charge in [-0.3, -0.25) is 4.18 Å². The number of ether oxygens (including phenoxy) is 2. The third-order valence-electron chi connectivity index (χ3n) is 2.74. The Bertz CT molecular complexity index is 582. The van der Waals surface area contributed by atoms with E-state index in [1.165, 1.54) is 12.1 Å². The van der Waals surface area contributed by atoms with Crippen molar-refractivity contribution in [3.63, 3.8) is 0 Å². The Hall–Kier alpha value is -0.0800. The number of hydrogen-bond donors (Lipinski definition) is 0. The summed E-state index contributed by atoms with van der Waals surface area (Å²) in [6, 6.07) is 6.32. The highest BCUT2D eigenvalue weighted by atomic mass is 35.6. The molecular formula is C12H13Cl3O5S. The van der Waals surface area contributed by atoms with E-state index in [-0.39, 0.29) is 18.1 Å². The van der Waals surface area contributed by atoms with Gasteiger partial charge in [-0.05, 0) is 19.1 Å².